The third-order valence-electron chi connectivity index (χ3n) is 7.15. The molecule has 0 unspecified atom stereocenters. The number of fused-ring (bicyclic) bond motifs is 1. The van der Waals surface area contributed by atoms with Crippen molar-refractivity contribution in [2.45, 2.75) is 46.0 Å². The maximum Gasteiger partial charge on any atom is 0.309 e. The van der Waals surface area contributed by atoms with E-state index in [2.05, 4.69) is 9.58 Å². The minimum atomic E-state index is -3.65. The third kappa shape index (κ3) is 5.19. The molecule has 0 atom stereocenters. The van der Waals surface area contributed by atoms with Gasteiger partial charge in [-0.2, -0.15) is 8.42 Å². The van der Waals surface area contributed by atoms with Gasteiger partial charge in [-0.05, 0) is 79.8 Å². The number of amides is 1. The van der Waals surface area contributed by atoms with E-state index in [4.69, 9.17) is 27.4 Å². The highest BCUT2D eigenvalue weighted by Gasteiger charge is 2.36. The Morgan fingerprint density at radius 2 is 1.68 bits per heavy atom. The Kier molecular flexibility index (Phi) is 7.78. The van der Waals surface area contributed by atoms with Gasteiger partial charge in [0.1, 0.15) is 5.75 Å². The molecule has 0 spiro atoms. The molecule has 1 aromatic heterocycles. The summed E-state index contributed by atoms with van der Waals surface area (Å²) in [5.74, 6) is 0.203. The Hall–Kier alpha value is -2.52. The number of carbonyl (C=O) groups is 1. The number of halogens is 2. The van der Waals surface area contributed by atoms with Crippen molar-refractivity contribution >= 4 is 39.2 Å². The molecule has 0 N–H and O–H groups in total. The Labute approximate surface area is 234 Å². The second kappa shape index (κ2) is 10.9. The van der Waals surface area contributed by atoms with Gasteiger partial charge in [0.25, 0.3) is 5.91 Å². The monoisotopic (exact) mass is 575 g/mol. The Morgan fingerprint density at radius 1 is 0.974 bits per heavy atom. The van der Waals surface area contributed by atoms with E-state index in [0.717, 1.165) is 54.1 Å². The van der Waals surface area contributed by atoms with Crippen LogP contribution in [0.3, 0.4) is 0 Å². The fourth-order valence-electron chi connectivity index (χ4n) is 5.48. The van der Waals surface area contributed by atoms with Crippen molar-refractivity contribution < 1.29 is 17.4 Å². The Morgan fingerprint density at radius 3 is 2.34 bits per heavy atom. The molecule has 3 aromatic rings. The van der Waals surface area contributed by atoms with Crippen LogP contribution in [0, 0.1) is 6.92 Å². The van der Waals surface area contributed by atoms with Crippen LogP contribution in [0.2, 0.25) is 10.0 Å². The smallest absolute Gasteiger partial charge is 0.309 e. The molecule has 2 aliphatic heterocycles. The van der Waals surface area contributed by atoms with Gasteiger partial charge >= 0.3 is 10.1 Å². The predicted molar refractivity (Wildman–Crippen MR) is 151 cm³/mol. The van der Waals surface area contributed by atoms with Crippen LogP contribution in [0.25, 0.3) is 16.9 Å². The van der Waals surface area contributed by atoms with Crippen molar-refractivity contribution in [3.05, 3.63) is 69.3 Å². The van der Waals surface area contributed by atoms with Crippen LogP contribution in [-0.4, -0.2) is 54.3 Å². The largest absolute Gasteiger partial charge is 0.382 e. The van der Waals surface area contributed by atoms with E-state index < -0.39 is 10.1 Å². The van der Waals surface area contributed by atoms with Crippen LogP contribution < -0.4 is 4.18 Å². The Balaban J connectivity index is 1.62. The quantitative estimate of drug-likeness (QED) is 0.310. The van der Waals surface area contributed by atoms with Gasteiger partial charge in [-0.15, -0.1) is 0 Å². The van der Waals surface area contributed by atoms with Gasteiger partial charge in [-0.3, -0.25) is 9.80 Å². The standard InChI is InChI=1S/C28H31Cl2N3O4S/c1-3-17-38(35,36)37-22-10-7-20(8-11-22)27-19(2)26-25(33(27)24-12-9-21(29)18-23(24)30)13-16-32(28(26)34)31-14-5-4-6-15-31/h7-12,18H,3-6,13-17H2,1-2H3. The zero-order chi connectivity index (χ0) is 27.0. The SMILES string of the molecule is CCCS(=O)(=O)Oc1ccc(-c2c(C)c3c(n2-c2ccc(Cl)cc2Cl)CCN(N2CCCCC2)C3=O)cc1. The highest BCUT2D eigenvalue weighted by Crippen LogP contribution is 2.40. The van der Waals surface area contributed by atoms with Crippen LogP contribution in [-0.2, 0) is 16.5 Å². The minimum Gasteiger partial charge on any atom is -0.382 e. The van der Waals surface area contributed by atoms with Crippen molar-refractivity contribution in [1.29, 1.82) is 0 Å². The zero-order valence-electron chi connectivity index (χ0n) is 21.5. The van der Waals surface area contributed by atoms with E-state index in [1.807, 2.05) is 30.1 Å². The first-order chi connectivity index (χ1) is 18.2. The molecular formula is C28H31Cl2N3O4S. The predicted octanol–water partition coefficient (Wildman–Crippen LogP) is 6.28. The van der Waals surface area contributed by atoms with Crippen LogP contribution in [0.15, 0.2) is 42.5 Å². The molecule has 1 fully saturated rings. The summed E-state index contributed by atoms with van der Waals surface area (Å²) < 4.78 is 31.6. The summed E-state index contributed by atoms with van der Waals surface area (Å²) in [4.78, 5) is 13.9. The maximum atomic E-state index is 13.9. The summed E-state index contributed by atoms with van der Waals surface area (Å²) in [6, 6.07) is 12.3. The molecule has 3 heterocycles. The van der Waals surface area contributed by atoms with E-state index in [0.29, 0.717) is 35.0 Å². The van der Waals surface area contributed by atoms with E-state index in [1.165, 1.54) is 6.42 Å². The molecule has 1 saturated heterocycles. The van der Waals surface area contributed by atoms with Crippen molar-refractivity contribution in [3.63, 3.8) is 0 Å². The van der Waals surface area contributed by atoms with Crippen molar-refractivity contribution in [2.24, 2.45) is 0 Å². The fraction of sp³-hybridized carbons (Fsp3) is 0.393. The summed E-state index contributed by atoms with van der Waals surface area (Å²) in [5, 5.41) is 5.10. The lowest BCUT2D eigenvalue weighted by molar-refractivity contribution is -0.0237. The number of benzene rings is 2. The summed E-state index contributed by atoms with van der Waals surface area (Å²) in [5.41, 5.74) is 4.83. The molecule has 0 aliphatic carbocycles. The van der Waals surface area contributed by atoms with E-state index in [-0.39, 0.29) is 17.4 Å². The first-order valence-corrected chi connectivity index (χ1v) is 15.3. The maximum absolute atomic E-state index is 13.9. The van der Waals surface area contributed by atoms with E-state index >= 15 is 0 Å². The first-order valence-electron chi connectivity index (χ1n) is 13.0. The molecule has 5 rings (SSSR count). The number of nitrogens with zero attached hydrogens (tertiary/aromatic N) is 3. The summed E-state index contributed by atoms with van der Waals surface area (Å²) >= 11 is 12.9. The van der Waals surface area contributed by atoms with Crippen LogP contribution in [0.4, 0.5) is 0 Å². The second-order valence-electron chi connectivity index (χ2n) is 9.79. The number of hydrogen-bond donors (Lipinski definition) is 0. The molecule has 0 saturated carbocycles. The van der Waals surface area contributed by atoms with Crippen LogP contribution >= 0.6 is 23.2 Å². The molecule has 2 aliphatic rings. The lowest BCUT2D eigenvalue weighted by Gasteiger charge is -2.39. The lowest BCUT2D eigenvalue weighted by atomic mass is 10.0. The third-order valence-corrected chi connectivity index (χ3v) is 9.04. The molecule has 38 heavy (non-hydrogen) atoms. The molecule has 0 radical (unpaired) electrons. The van der Waals surface area contributed by atoms with Gasteiger partial charge in [0.2, 0.25) is 0 Å². The molecule has 7 nitrogen and oxygen atoms in total. The second-order valence-corrected chi connectivity index (χ2v) is 12.3. The van der Waals surface area contributed by atoms with Gasteiger partial charge < -0.3 is 8.75 Å². The van der Waals surface area contributed by atoms with Crippen molar-refractivity contribution in [3.8, 4) is 22.7 Å². The molecule has 1 amide bonds. The number of carbonyl (C=O) groups excluding carboxylic acids is 1. The molecule has 2 aromatic carbocycles. The highest BCUT2D eigenvalue weighted by atomic mass is 35.5. The number of hydrogen-bond acceptors (Lipinski definition) is 5. The van der Waals surface area contributed by atoms with Gasteiger partial charge in [0.15, 0.2) is 0 Å². The normalized spacial score (nSPS) is 16.5. The highest BCUT2D eigenvalue weighted by molar-refractivity contribution is 7.87. The average Bonchev–Trinajstić information content (AvgIpc) is 3.17. The number of hydrazine groups is 1. The zero-order valence-corrected chi connectivity index (χ0v) is 23.9. The molecule has 0 bridgehead atoms. The summed E-state index contributed by atoms with van der Waals surface area (Å²) in [7, 11) is -3.65. The number of piperidine rings is 1. The first kappa shape index (κ1) is 27.1. The van der Waals surface area contributed by atoms with Gasteiger partial charge in [0, 0.05) is 36.8 Å². The summed E-state index contributed by atoms with van der Waals surface area (Å²) in [6.45, 7) is 6.13. The van der Waals surface area contributed by atoms with Gasteiger partial charge in [0.05, 0.1) is 27.7 Å². The lowest BCUT2D eigenvalue weighted by Crippen LogP contribution is -2.51. The fourth-order valence-corrected chi connectivity index (χ4v) is 6.96. The molecule has 10 heteroatoms. The van der Waals surface area contributed by atoms with Gasteiger partial charge in [-0.1, -0.05) is 36.5 Å². The van der Waals surface area contributed by atoms with Crippen molar-refractivity contribution in [1.82, 2.24) is 14.6 Å². The van der Waals surface area contributed by atoms with Crippen LogP contribution in [0.5, 0.6) is 5.75 Å². The van der Waals surface area contributed by atoms with E-state index in [1.54, 1.807) is 31.2 Å². The van der Waals surface area contributed by atoms with Crippen LogP contribution in [0.1, 0.15) is 54.2 Å². The van der Waals surface area contributed by atoms with Gasteiger partial charge in [-0.25, -0.2) is 5.01 Å². The Bertz CT molecular complexity index is 1460. The molecule has 202 valence electrons. The number of aromatic nitrogens is 1. The average molecular weight is 577 g/mol. The topological polar surface area (TPSA) is 71.9 Å². The van der Waals surface area contributed by atoms with E-state index in [9.17, 15) is 13.2 Å². The molecular weight excluding hydrogens is 545 g/mol. The van der Waals surface area contributed by atoms with Crippen molar-refractivity contribution in [2.75, 3.05) is 25.4 Å². The number of rotatable bonds is 7. The summed E-state index contributed by atoms with van der Waals surface area (Å²) in [6.07, 6.45) is 4.52. The minimum absolute atomic E-state index is 0.00125.